The number of rotatable bonds is 3. The Labute approximate surface area is 144 Å². The quantitative estimate of drug-likeness (QED) is 0.801. The van der Waals surface area contributed by atoms with Gasteiger partial charge in [-0.1, -0.05) is 24.3 Å². The Balaban J connectivity index is 1.69. The predicted octanol–water partition coefficient (Wildman–Crippen LogP) is 3.01. The molecular weight excluding hydrogens is 300 g/mol. The number of amides is 2. The molecule has 0 unspecified atom stereocenters. The maximum Gasteiger partial charge on any atom is 0.246 e. The number of piperidine rings is 1. The van der Waals surface area contributed by atoms with Gasteiger partial charge in [0, 0.05) is 38.2 Å². The summed E-state index contributed by atoms with van der Waals surface area (Å²) in [5.41, 5.74) is 3.30. The summed E-state index contributed by atoms with van der Waals surface area (Å²) in [5.74, 6) is 0.313. The third-order valence-electron chi connectivity index (χ3n) is 5.17. The summed E-state index contributed by atoms with van der Waals surface area (Å²) in [6, 6.07) is 8.32. The molecule has 128 valence electrons. The number of allylic oxidation sites excluding steroid dienone is 1. The highest BCUT2D eigenvalue weighted by Gasteiger charge is 2.32. The first-order chi connectivity index (χ1) is 11.6. The molecule has 3 rings (SSSR count). The molecule has 2 aliphatic rings. The first-order valence-corrected chi connectivity index (χ1v) is 8.89. The van der Waals surface area contributed by atoms with Crippen LogP contribution in [-0.2, 0) is 9.59 Å². The lowest BCUT2D eigenvalue weighted by Gasteiger charge is -2.37. The van der Waals surface area contributed by atoms with Crippen LogP contribution < -0.4 is 0 Å². The van der Waals surface area contributed by atoms with Crippen molar-refractivity contribution in [3.63, 3.8) is 0 Å². The van der Waals surface area contributed by atoms with Gasteiger partial charge in [0.05, 0.1) is 0 Å². The molecule has 0 radical (unpaired) electrons. The molecule has 0 spiro atoms. The zero-order valence-electron chi connectivity index (χ0n) is 14.6. The summed E-state index contributed by atoms with van der Waals surface area (Å²) in [4.78, 5) is 28.5. The van der Waals surface area contributed by atoms with Crippen molar-refractivity contribution in [2.75, 3.05) is 19.6 Å². The topological polar surface area (TPSA) is 40.6 Å². The minimum Gasteiger partial charge on any atom is -0.338 e. The van der Waals surface area contributed by atoms with Crippen LogP contribution in [0.25, 0.3) is 5.57 Å². The van der Waals surface area contributed by atoms with Crippen LogP contribution in [0.2, 0.25) is 0 Å². The number of likely N-dealkylation sites (tertiary alicyclic amines) is 2. The first kappa shape index (κ1) is 16.7. The van der Waals surface area contributed by atoms with Crippen molar-refractivity contribution in [2.24, 2.45) is 0 Å². The van der Waals surface area contributed by atoms with E-state index in [0.717, 1.165) is 43.5 Å². The number of aryl methyl sites for hydroxylation is 1. The highest BCUT2D eigenvalue weighted by molar-refractivity contribution is 5.95. The van der Waals surface area contributed by atoms with Gasteiger partial charge < -0.3 is 9.80 Å². The minimum absolute atomic E-state index is 0.0621. The SMILES string of the molecule is C/C(=C\C(=O)N1CCC[C@H](N2CCCC2=O)C1)c1ccccc1C. The van der Waals surface area contributed by atoms with Gasteiger partial charge in [-0.25, -0.2) is 0 Å². The normalized spacial score (nSPS) is 22.2. The van der Waals surface area contributed by atoms with Gasteiger partial charge in [0.25, 0.3) is 0 Å². The zero-order chi connectivity index (χ0) is 17.1. The van der Waals surface area contributed by atoms with Crippen molar-refractivity contribution in [2.45, 2.75) is 45.6 Å². The third-order valence-corrected chi connectivity index (χ3v) is 5.17. The molecule has 0 saturated carbocycles. The molecular formula is C20H26N2O2. The number of hydrogen-bond donors (Lipinski definition) is 0. The van der Waals surface area contributed by atoms with Gasteiger partial charge in [-0.3, -0.25) is 9.59 Å². The number of carbonyl (C=O) groups is 2. The molecule has 0 aromatic heterocycles. The first-order valence-electron chi connectivity index (χ1n) is 8.89. The summed E-state index contributed by atoms with van der Waals surface area (Å²) < 4.78 is 0. The van der Waals surface area contributed by atoms with Gasteiger partial charge in [-0.05, 0) is 49.8 Å². The molecule has 1 atom stereocenters. The van der Waals surface area contributed by atoms with E-state index in [1.165, 1.54) is 5.56 Å². The van der Waals surface area contributed by atoms with E-state index < -0.39 is 0 Å². The summed E-state index contributed by atoms with van der Waals surface area (Å²) in [7, 11) is 0. The lowest BCUT2D eigenvalue weighted by atomic mass is 10.0. The minimum atomic E-state index is 0.0621. The van der Waals surface area contributed by atoms with Gasteiger partial charge in [0.15, 0.2) is 0 Å². The molecule has 2 heterocycles. The van der Waals surface area contributed by atoms with E-state index in [0.29, 0.717) is 13.0 Å². The molecule has 2 aliphatic heterocycles. The predicted molar refractivity (Wildman–Crippen MR) is 95.4 cm³/mol. The van der Waals surface area contributed by atoms with Crippen molar-refractivity contribution in [1.29, 1.82) is 0 Å². The monoisotopic (exact) mass is 326 g/mol. The Hall–Kier alpha value is -2.10. The average molecular weight is 326 g/mol. The van der Waals surface area contributed by atoms with Gasteiger partial charge in [-0.15, -0.1) is 0 Å². The number of nitrogens with zero attached hydrogens (tertiary/aromatic N) is 2. The molecule has 24 heavy (non-hydrogen) atoms. The largest absolute Gasteiger partial charge is 0.338 e. The van der Waals surface area contributed by atoms with Crippen LogP contribution in [0.15, 0.2) is 30.3 Å². The van der Waals surface area contributed by atoms with Gasteiger partial charge in [0.2, 0.25) is 11.8 Å². The van der Waals surface area contributed by atoms with Gasteiger partial charge >= 0.3 is 0 Å². The molecule has 2 fully saturated rings. The van der Waals surface area contributed by atoms with E-state index in [1.807, 2.05) is 28.9 Å². The van der Waals surface area contributed by atoms with Crippen molar-refractivity contribution in [3.8, 4) is 0 Å². The Kier molecular flexibility index (Phi) is 5.03. The van der Waals surface area contributed by atoms with Crippen LogP contribution >= 0.6 is 0 Å². The van der Waals surface area contributed by atoms with Gasteiger partial charge in [-0.2, -0.15) is 0 Å². The van der Waals surface area contributed by atoms with E-state index in [1.54, 1.807) is 6.08 Å². The Morgan fingerprint density at radius 1 is 1.21 bits per heavy atom. The van der Waals surface area contributed by atoms with E-state index in [4.69, 9.17) is 0 Å². The summed E-state index contributed by atoms with van der Waals surface area (Å²) >= 11 is 0. The summed E-state index contributed by atoms with van der Waals surface area (Å²) in [6.45, 7) is 6.36. The van der Waals surface area contributed by atoms with Crippen molar-refractivity contribution in [3.05, 3.63) is 41.5 Å². The Morgan fingerprint density at radius 2 is 2.00 bits per heavy atom. The molecule has 2 amide bonds. The highest BCUT2D eigenvalue weighted by Crippen LogP contribution is 2.23. The van der Waals surface area contributed by atoms with Crippen LogP contribution in [0.5, 0.6) is 0 Å². The van der Waals surface area contributed by atoms with E-state index in [2.05, 4.69) is 19.1 Å². The van der Waals surface area contributed by atoms with Crippen LogP contribution in [0.1, 0.15) is 43.7 Å². The molecule has 2 saturated heterocycles. The fourth-order valence-electron chi connectivity index (χ4n) is 3.83. The molecule has 1 aromatic carbocycles. The molecule has 4 nitrogen and oxygen atoms in total. The second-order valence-electron chi connectivity index (χ2n) is 6.91. The van der Waals surface area contributed by atoms with Crippen LogP contribution in [0.3, 0.4) is 0 Å². The molecule has 1 aromatic rings. The molecule has 0 aliphatic carbocycles. The summed E-state index contributed by atoms with van der Waals surface area (Å²) in [6.07, 6.45) is 5.34. The lowest BCUT2D eigenvalue weighted by molar-refractivity contribution is -0.134. The zero-order valence-corrected chi connectivity index (χ0v) is 14.6. The Bertz CT molecular complexity index is 665. The number of carbonyl (C=O) groups excluding carboxylic acids is 2. The van der Waals surface area contributed by atoms with Crippen molar-refractivity contribution < 1.29 is 9.59 Å². The third kappa shape index (κ3) is 3.53. The lowest BCUT2D eigenvalue weighted by Crippen LogP contribution is -2.49. The maximum atomic E-state index is 12.7. The average Bonchev–Trinajstić information content (AvgIpc) is 3.01. The molecule has 0 N–H and O–H groups in total. The Morgan fingerprint density at radius 3 is 2.71 bits per heavy atom. The summed E-state index contributed by atoms with van der Waals surface area (Å²) in [5, 5.41) is 0. The fraction of sp³-hybridized carbons (Fsp3) is 0.500. The smallest absolute Gasteiger partial charge is 0.246 e. The second kappa shape index (κ2) is 7.20. The van der Waals surface area contributed by atoms with E-state index in [9.17, 15) is 9.59 Å². The maximum absolute atomic E-state index is 12.7. The second-order valence-corrected chi connectivity index (χ2v) is 6.91. The van der Waals surface area contributed by atoms with Gasteiger partial charge in [0.1, 0.15) is 0 Å². The standard InChI is InChI=1S/C20H26N2O2/c1-15-7-3-4-9-18(15)16(2)13-20(24)21-11-5-8-17(14-21)22-12-6-10-19(22)23/h3-4,7,9,13,17H,5-6,8,10-12,14H2,1-2H3/b16-13+/t17-/m0/s1. The number of benzene rings is 1. The van der Waals surface area contributed by atoms with Crippen LogP contribution in [0, 0.1) is 6.92 Å². The molecule has 4 heteroatoms. The van der Waals surface area contributed by atoms with Crippen LogP contribution in [0.4, 0.5) is 0 Å². The highest BCUT2D eigenvalue weighted by atomic mass is 16.2. The fourth-order valence-corrected chi connectivity index (χ4v) is 3.83. The van der Waals surface area contributed by atoms with Crippen molar-refractivity contribution >= 4 is 17.4 Å². The van der Waals surface area contributed by atoms with E-state index >= 15 is 0 Å². The molecule has 0 bridgehead atoms. The van der Waals surface area contributed by atoms with E-state index in [-0.39, 0.29) is 17.9 Å². The number of hydrogen-bond acceptors (Lipinski definition) is 2. The van der Waals surface area contributed by atoms with Crippen LogP contribution in [-0.4, -0.2) is 47.3 Å². The van der Waals surface area contributed by atoms with Crippen molar-refractivity contribution in [1.82, 2.24) is 9.80 Å².